The summed E-state index contributed by atoms with van der Waals surface area (Å²) < 4.78 is 5.76. The van der Waals surface area contributed by atoms with Crippen LogP contribution in [0.5, 0.6) is 0 Å². The van der Waals surface area contributed by atoms with Crippen molar-refractivity contribution in [2.24, 2.45) is 5.73 Å². The Morgan fingerprint density at radius 2 is 1.57 bits per heavy atom. The Hall–Kier alpha value is -0.610. The number of rotatable bonds is 1. The van der Waals surface area contributed by atoms with Gasteiger partial charge in [0, 0.05) is 12.8 Å². The molecule has 0 spiro atoms. The van der Waals surface area contributed by atoms with Gasteiger partial charge in [0.05, 0.1) is 11.2 Å². The molecular formula is C10H19NO3. The van der Waals surface area contributed by atoms with Crippen molar-refractivity contribution in [1.82, 2.24) is 0 Å². The van der Waals surface area contributed by atoms with Crippen molar-refractivity contribution in [3.63, 3.8) is 0 Å². The minimum atomic E-state index is -1.16. The molecule has 1 saturated heterocycles. The lowest BCUT2D eigenvalue weighted by Gasteiger charge is -2.48. The quantitative estimate of drug-likeness (QED) is 0.667. The van der Waals surface area contributed by atoms with Gasteiger partial charge in [0.25, 0.3) is 0 Å². The Morgan fingerprint density at radius 1 is 1.21 bits per heavy atom. The number of carboxylic acid groups (broad SMARTS) is 1. The maximum absolute atomic E-state index is 11.1. The predicted octanol–water partition coefficient (Wildman–Crippen LogP) is 1.14. The van der Waals surface area contributed by atoms with Crippen LogP contribution in [-0.4, -0.2) is 27.8 Å². The molecule has 4 heteroatoms. The second-order valence-electron chi connectivity index (χ2n) is 5.44. The Labute approximate surface area is 84.4 Å². The Kier molecular flexibility index (Phi) is 2.41. The molecule has 3 N–H and O–H groups in total. The van der Waals surface area contributed by atoms with Crippen LogP contribution < -0.4 is 5.73 Å². The molecule has 4 nitrogen and oxygen atoms in total. The van der Waals surface area contributed by atoms with Gasteiger partial charge < -0.3 is 15.6 Å². The average molecular weight is 201 g/mol. The van der Waals surface area contributed by atoms with Gasteiger partial charge in [-0.05, 0) is 27.7 Å². The highest BCUT2D eigenvalue weighted by Gasteiger charge is 2.50. The highest BCUT2D eigenvalue weighted by atomic mass is 16.5. The maximum atomic E-state index is 11.1. The van der Waals surface area contributed by atoms with Crippen LogP contribution in [0.3, 0.4) is 0 Å². The van der Waals surface area contributed by atoms with Crippen LogP contribution in [0.25, 0.3) is 0 Å². The highest BCUT2D eigenvalue weighted by molar-refractivity contribution is 5.79. The fraction of sp³-hybridized carbons (Fsp3) is 0.900. The monoisotopic (exact) mass is 201 g/mol. The molecule has 1 aliphatic rings. The van der Waals surface area contributed by atoms with E-state index in [2.05, 4.69) is 0 Å². The summed E-state index contributed by atoms with van der Waals surface area (Å²) in [5.74, 6) is -0.943. The predicted molar refractivity (Wildman–Crippen MR) is 53.0 cm³/mol. The van der Waals surface area contributed by atoms with Crippen LogP contribution in [-0.2, 0) is 9.53 Å². The number of carbonyl (C=O) groups is 1. The van der Waals surface area contributed by atoms with Crippen LogP contribution in [0.15, 0.2) is 0 Å². The summed E-state index contributed by atoms with van der Waals surface area (Å²) in [5.41, 5.74) is 3.76. The summed E-state index contributed by atoms with van der Waals surface area (Å²) in [6.07, 6.45) is 0.692. The zero-order valence-corrected chi connectivity index (χ0v) is 9.26. The lowest BCUT2D eigenvalue weighted by molar-refractivity contribution is -0.190. The van der Waals surface area contributed by atoms with Gasteiger partial charge in [-0.2, -0.15) is 0 Å². The summed E-state index contributed by atoms with van der Waals surface area (Å²) >= 11 is 0. The molecular weight excluding hydrogens is 182 g/mol. The fourth-order valence-electron chi connectivity index (χ4n) is 2.55. The smallest absolute Gasteiger partial charge is 0.323 e. The largest absolute Gasteiger partial charge is 0.480 e. The molecule has 1 heterocycles. The Balaban J connectivity index is 2.97. The first-order chi connectivity index (χ1) is 6.06. The lowest BCUT2D eigenvalue weighted by Crippen LogP contribution is -2.62. The number of nitrogens with two attached hydrogens (primary N) is 1. The molecule has 14 heavy (non-hydrogen) atoms. The molecule has 1 rings (SSSR count). The van der Waals surface area contributed by atoms with Gasteiger partial charge in [-0.25, -0.2) is 0 Å². The second kappa shape index (κ2) is 2.94. The van der Waals surface area contributed by atoms with Crippen LogP contribution in [0, 0.1) is 0 Å². The maximum Gasteiger partial charge on any atom is 0.323 e. The van der Waals surface area contributed by atoms with Gasteiger partial charge in [0.1, 0.15) is 5.54 Å². The van der Waals surface area contributed by atoms with Gasteiger partial charge in [0.15, 0.2) is 0 Å². The van der Waals surface area contributed by atoms with Crippen molar-refractivity contribution < 1.29 is 14.6 Å². The van der Waals surface area contributed by atoms with Crippen LogP contribution in [0.1, 0.15) is 40.5 Å². The van der Waals surface area contributed by atoms with E-state index in [0.29, 0.717) is 12.8 Å². The summed E-state index contributed by atoms with van der Waals surface area (Å²) in [7, 11) is 0. The SMILES string of the molecule is CC1(C)CC(N)(C(=O)O)CC(C)(C)O1. The van der Waals surface area contributed by atoms with Crippen molar-refractivity contribution >= 4 is 5.97 Å². The van der Waals surface area contributed by atoms with E-state index in [1.54, 1.807) is 0 Å². The van der Waals surface area contributed by atoms with E-state index in [4.69, 9.17) is 15.6 Å². The van der Waals surface area contributed by atoms with Gasteiger partial charge >= 0.3 is 5.97 Å². The Morgan fingerprint density at radius 3 is 1.86 bits per heavy atom. The van der Waals surface area contributed by atoms with Gasteiger partial charge in [-0.3, -0.25) is 4.79 Å². The number of hydrogen-bond donors (Lipinski definition) is 2. The van der Waals surface area contributed by atoms with E-state index in [1.165, 1.54) is 0 Å². The molecule has 1 aliphatic heterocycles. The van der Waals surface area contributed by atoms with Gasteiger partial charge in [-0.15, -0.1) is 0 Å². The van der Waals surface area contributed by atoms with E-state index in [-0.39, 0.29) is 0 Å². The molecule has 0 aromatic heterocycles. The van der Waals surface area contributed by atoms with Crippen LogP contribution >= 0.6 is 0 Å². The average Bonchev–Trinajstić information content (AvgIpc) is 1.76. The van der Waals surface area contributed by atoms with Crippen LogP contribution in [0.2, 0.25) is 0 Å². The van der Waals surface area contributed by atoms with Crippen molar-refractivity contribution in [3.8, 4) is 0 Å². The summed E-state index contributed by atoms with van der Waals surface area (Å²) in [4.78, 5) is 11.1. The van der Waals surface area contributed by atoms with E-state index >= 15 is 0 Å². The third-order valence-corrected chi connectivity index (χ3v) is 2.46. The fourth-order valence-corrected chi connectivity index (χ4v) is 2.55. The second-order valence-corrected chi connectivity index (χ2v) is 5.44. The minimum absolute atomic E-state index is 0.346. The molecule has 0 aromatic carbocycles. The van der Waals surface area contributed by atoms with Crippen molar-refractivity contribution in [2.75, 3.05) is 0 Å². The molecule has 0 radical (unpaired) electrons. The molecule has 82 valence electrons. The van der Waals surface area contributed by atoms with Crippen molar-refractivity contribution in [3.05, 3.63) is 0 Å². The Bertz CT molecular complexity index is 242. The van der Waals surface area contributed by atoms with E-state index in [9.17, 15) is 4.79 Å². The topological polar surface area (TPSA) is 72.6 Å². The van der Waals surface area contributed by atoms with E-state index < -0.39 is 22.7 Å². The van der Waals surface area contributed by atoms with Crippen LogP contribution in [0.4, 0.5) is 0 Å². The minimum Gasteiger partial charge on any atom is -0.480 e. The number of ether oxygens (including phenoxy) is 1. The zero-order valence-electron chi connectivity index (χ0n) is 9.26. The van der Waals surface area contributed by atoms with Crippen molar-refractivity contribution in [1.29, 1.82) is 0 Å². The molecule has 0 aliphatic carbocycles. The molecule has 0 atom stereocenters. The molecule has 0 unspecified atom stereocenters. The van der Waals surface area contributed by atoms with Crippen molar-refractivity contribution in [2.45, 2.75) is 57.3 Å². The first kappa shape index (κ1) is 11.5. The molecule has 0 bridgehead atoms. The molecule has 0 aromatic rings. The molecule has 1 fully saturated rings. The normalized spacial score (nSPS) is 28.4. The molecule has 0 amide bonds. The lowest BCUT2D eigenvalue weighted by atomic mass is 9.75. The number of aliphatic carboxylic acids is 1. The highest BCUT2D eigenvalue weighted by Crippen LogP contribution is 2.39. The van der Waals surface area contributed by atoms with Gasteiger partial charge in [-0.1, -0.05) is 0 Å². The summed E-state index contributed by atoms with van der Waals surface area (Å²) in [6.45, 7) is 7.49. The number of hydrogen-bond acceptors (Lipinski definition) is 3. The first-order valence-corrected chi connectivity index (χ1v) is 4.79. The summed E-state index contributed by atoms with van der Waals surface area (Å²) in [5, 5.41) is 9.08. The standard InChI is InChI=1S/C10H19NO3/c1-8(2)5-10(11,7(12)13)6-9(3,4)14-8/h5-6,11H2,1-4H3,(H,12,13). The van der Waals surface area contributed by atoms with E-state index in [1.807, 2.05) is 27.7 Å². The zero-order chi connectivity index (χ0) is 11.2. The summed E-state index contributed by atoms with van der Waals surface area (Å²) in [6, 6.07) is 0. The number of carboxylic acids is 1. The first-order valence-electron chi connectivity index (χ1n) is 4.79. The third kappa shape index (κ3) is 2.25. The third-order valence-electron chi connectivity index (χ3n) is 2.46. The van der Waals surface area contributed by atoms with E-state index in [0.717, 1.165) is 0 Å². The molecule has 0 saturated carbocycles. The van der Waals surface area contributed by atoms with Gasteiger partial charge in [0.2, 0.25) is 0 Å².